The summed E-state index contributed by atoms with van der Waals surface area (Å²) in [5.74, 6) is -0.765. The summed E-state index contributed by atoms with van der Waals surface area (Å²) in [4.78, 5) is 23.9. The lowest BCUT2D eigenvalue weighted by atomic mass is 10.2. The fraction of sp³-hybridized carbons (Fsp3) is 0.429. The Kier molecular flexibility index (Phi) is 3.76. The summed E-state index contributed by atoms with van der Waals surface area (Å²) in [6, 6.07) is 6.95. The first-order valence-electron chi connectivity index (χ1n) is 6.80. The van der Waals surface area contributed by atoms with Gasteiger partial charge in [-0.2, -0.15) is 0 Å². The number of aromatic nitrogens is 1. The number of hydrogen-bond acceptors (Lipinski definition) is 5. The number of ether oxygens (including phenoxy) is 1. The van der Waals surface area contributed by atoms with Gasteiger partial charge in [0.25, 0.3) is 0 Å². The van der Waals surface area contributed by atoms with Crippen LogP contribution in [0.15, 0.2) is 33.5 Å². The molecule has 1 aliphatic heterocycles. The van der Waals surface area contributed by atoms with Gasteiger partial charge in [-0.15, -0.1) is 0 Å². The van der Waals surface area contributed by atoms with Crippen molar-refractivity contribution < 1.29 is 13.9 Å². The Labute approximate surface area is 120 Å². The first kappa shape index (κ1) is 13.8. The summed E-state index contributed by atoms with van der Waals surface area (Å²) >= 11 is 0. The number of hydrogen-bond donors (Lipinski definition) is 2. The minimum Gasteiger partial charge on any atom is -0.408 e. The van der Waals surface area contributed by atoms with Crippen LogP contribution in [0.5, 0.6) is 0 Å². The number of amides is 1. The molecule has 0 radical (unpaired) electrons. The number of methoxy groups -OCH3 is 1. The van der Waals surface area contributed by atoms with Gasteiger partial charge in [0.05, 0.1) is 17.7 Å². The number of carbonyl (C=O) groups is 1. The summed E-state index contributed by atoms with van der Waals surface area (Å²) in [5, 5.41) is 6.03. The third-order valence-corrected chi connectivity index (χ3v) is 3.68. The number of para-hydroxylation sites is 2. The number of oxazole rings is 1. The van der Waals surface area contributed by atoms with Crippen molar-refractivity contribution in [3.8, 4) is 0 Å². The normalized spacial score (nSPS) is 21.8. The van der Waals surface area contributed by atoms with E-state index in [1.807, 2.05) is 0 Å². The van der Waals surface area contributed by atoms with E-state index in [0.717, 1.165) is 0 Å². The lowest BCUT2D eigenvalue weighted by Gasteiger charge is -2.18. The highest BCUT2D eigenvalue weighted by Crippen LogP contribution is 2.11. The molecule has 2 heterocycles. The van der Waals surface area contributed by atoms with E-state index in [9.17, 15) is 9.59 Å². The molecule has 7 nitrogen and oxygen atoms in total. The van der Waals surface area contributed by atoms with Crippen LogP contribution in [0.4, 0.5) is 0 Å². The Morgan fingerprint density at radius 1 is 1.48 bits per heavy atom. The quantitative estimate of drug-likeness (QED) is 0.807. The van der Waals surface area contributed by atoms with E-state index in [0.29, 0.717) is 24.2 Å². The number of benzene rings is 1. The largest absolute Gasteiger partial charge is 0.420 e. The zero-order valence-electron chi connectivity index (χ0n) is 11.7. The van der Waals surface area contributed by atoms with Crippen LogP contribution in [0, 0.1) is 0 Å². The second-order valence-corrected chi connectivity index (χ2v) is 5.03. The number of nitrogens with zero attached hydrogens (tertiary/aromatic N) is 1. The molecule has 1 fully saturated rings. The molecule has 1 aromatic carbocycles. The molecular weight excluding hydrogens is 274 g/mol. The number of carbonyl (C=O) groups excluding carboxylic acids is 1. The van der Waals surface area contributed by atoms with Crippen molar-refractivity contribution in [1.82, 2.24) is 15.2 Å². The predicted octanol–water partition coefficient (Wildman–Crippen LogP) is -0.302. The molecule has 0 saturated carbocycles. The van der Waals surface area contributed by atoms with Gasteiger partial charge in [0.15, 0.2) is 5.58 Å². The van der Waals surface area contributed by atoms with Crippen molar-refractivity contribution in [2.75, 3.05) is 20.2 Å². The fourth-order valence-electron chi connectivity index (χ4n) is 2.61. The fourth-order valence-corrected chi connectivity index (χ4v) is 2.61. The Morgan fingerprint density at radius 2 is 2.29 bits per heavy atom. The molecule has 3 rings (SSSR count). The van der Waals surface area contributed by atoms with Crippen molar-refractivity contribution in [1.29, 1.82) is 0 Å². The summed E-state index contributed by atoms with van der Waals surface area (Å²) in [7, 11) is 1.62. The van der Waals surface area contributed by atoms with E-state index < -0.39 is 5.76 Å². The second kappa shape index (κ2) is 5.71. The van der Waals surface area contributed by atoms with Gasteiger partial charge in [-0.3, -0.25) is 9.36 Å². The Hall–Kier alpha value is -2.12. The monoisotopic (exact) mass is 291 g/mol. The molecule has 1 aliphatic rings. The predicted molar refractivity (Wildman–Crippen MR) is 76.1 cm³/mol. The summed E-state index contributed by atoms with van der Waals surface area (Å²) in [6.07, 6.45) is -0.0493. The van der Waals surface area contributed by atoms with E-state index in [-0.39, 0.29) is 24.6 Å². The molecule has 2 unspecified atom stereocenters. The second-order valence-electron chi connectivity index (χ2n) is 5.03. The smallest absolute Gasteiger partial charge is 0.408 e. The van der Waals surface area contributed by atoms with Crippen molar-refractivity contribution in [2.24, 2.45) is 0 Å². The van der Waals surface area contributed by atoms with Gasteiger partial charge in [-0.25, -0.2) is 4.79 Å². The van der Waals surface area contributed by atoms with Crippen LogP contribution in [0.25, 0.3) is 11.1 Å². The highest BCUT2D eigenvalue weighted by atomic mass is 16.5. The summed E-state index contributed by atoms with van der Waals surface area (Å²) in [6.45, 7) is 1.30. The maximum absolute atomic E-state index is 12.1. The van der Waals surface area contributed by atoms with E-state index in [4.69, 9.17) is 9.15 Å². The maximum Gasteiger partial charge on any atom is 0.420 e. The molecule has 1 saturated heterocycles. The third-order valence-electron chi connectivity index (χ3n) is 3.68. The molecule has 21 heavy (non-hydrogen) atoms. The minimum absolute atomic E-state index is 0.0493. The topological polar surface area (TPSA) is 85.5 Å². The Morgan fingerprint density at radius 3 is 3.10 bits per heavy atom. The van der Waals surface area contributed by atoms with Gasteiger partial charge in [0, 0.05) is 20.2 Å². The summed E-state index contributed by atoms with van der Waals surface area (Å²) in [5.41, 5.74) is 1.10. The minimum atomic E-state index is -0.529. The Balaban J connectivity index is 1.75. The first-order valence-corrected chi connectivity index (χ1v) is 6.80. The van der Waals surface area contributed by atoms with Crippen LogP contribution in [0.3, 0.4) is 0 Å². The van der Waals surface area contributed by atoms with Crippen molar-refractivity contribution in [2.45, 2.75) is 18.7 Å². The molecule has 0 spiro atoms. The Bertz CT molecular complexity index is 706. The molecule has 2 atom stereocenters. The molecule has 2 aromatic rings. The van der Waals surface area contributed by atoms with Crippen LogP contribution in [-0.4, -0.2) is 42.8 Å². The molecule has 112 valence electrons. The van der Waals surface area contributed by atoms with E-state index in [1.54, 1.807) is 31.4 Å². The first-order chi connectivity index (χ1) is 10.2. The lowest BCUT2D eigenvalue weighted by Crippen LogP contribution is -2.45. The molecule has 0 aliphatic carbocycles. The van der Waals surface area contributed by atoms with Crippen LogP contribution < -0.4 is 16.4 Å². The molecule has 2 N–H and O–H groups in total. The van der Waals surface area contributed by atoms with Gasteiger partial charge in [0.1, 0.15) is 6.54 Å². The van der Waals surface area contributed by atoms with E-state index in [1.165, 1.54) is 4.57 Å². The number of rotatable bonds is 4. The number of nitrogens with one attached hydrogen (secondary N) is 2. The molecular formula is C14H17N3O4. The average molecular weight is 291 g/mol. The van der Waals surface area contributed by atoms with Gasteiger partial charge in [-0.1, -0.05) is 12.1 Å². The SMILES string of the molecule is COC1CNCC1NC(=O)Cn1c(=O)oc2ccccc21. The van der Waals surface area contributed by atoms with E-state index in [2.05, 4.69) is 10.6 Å². The highest BCUT2D eigenvalue weighted by molar-refractivity contribution is 5.79. The van der Waals surface area contributed by atoms with Crippen LogP contribution >= 0.6 is 0 Å². The van der Waals surface area contributed by atoms with Crippen LogP contribution in [-0.2, 0) is 16.1 Å². The molecule has 7 heteroatoms. The third kappa shape index (κ3) is 2.70. The van der Waals surface area contributed by atoms with Crippen molar-refractivity contribution >= 4 is 17.0 Å². The van der Waals surface area contributed by atoms with Gasteiger partial charge < -0.3 is 19.8 Å². The highest BCUT2D eigenvalue weighted by Gasteiger charge is 2.28. The van der Waals surface area contributed by atoms with Crippen LogP contribution in [0.2, 0.25) is 0 Å². The standard InChI is InChI=1S/C14H17N3O4/c1-20-12-7-15-6-9(12)16-13(18)8-17-10-4-2-3-5-11(10)21-14(17)19/h2-5,9,12,15H,6-8H2,1H3,(H,16,18). The van der Waals surface area contributed by atoms with Crippen molar-refractivity contribution in [3.63, 3.8) is 0 Å². The lowest BCUT2D eigenvalue weighted by molar-refractivity contribution is -0.123. The summed E-state index contributed by atoms with van der Waals surface area (Å²) < 4.78 is 11.7. The maximum atomic E-state index is 12.1. The molecule has 1 aromatic heterocycles. The zero-order valence-corrected chi connectivity index (χ0v) is 11.7. The average Bonchev–Trinajstić information content (AvgIpc) is 3.04. The molecule has 0 bridgehead atoms. The van der Waals surface area contributed by atoms with Gasteiger partial charge >= 0.3 is 5.76 Å². The van der Waals surface area contributed by atoms with Gasteiger partial charge in [-0.05, 0) is 12.1 Å². The zero-order chi connectivity index (χ0) is 14.8. The van der Waals surface area contributed by atoms with Crippen LogP contribution in [0.1, 0.15) is 0 Å². The van der Waals surface area contributed by atoms with E-state index >= 15 is 0 Å². The van der Waals surface area contributed by atoms with Gasteiger partial charge in [0.2, 0.25) is 5.91 Å². The molecule has 1 amide bonds. The van der Waals surface area contributed by atoms with Crippen molar-refractivity contribution in [3.05, 3.63) is 34.8 Å². The number of fused-ring (bicyclic) bond motifs is 1.